The molecule has 76 valence electrons. The van der Waals surface area contributed by atoms with Crippen molar-refractivity contribution in [2.45, 2.75) is 19.3 Å². The molecular weight excluding hydrogens is 178 g/mol. The quantitative estimate of drug-likeness (QED) is 0.587. The maximum Gasteiger partial charge on any atom is 0.141 e. The molecule has 1 unspecified atom stereocenters. The topological polar surface area (TPSA) is 52.3 Å². The summed E-state index contributed by atoms with van der Waals surface area (Å²) in [7, 11) is 1.58. The van der Waals surface area contributed by atoms with Gasteiger partial charge in [-0.05, 0) is 23.6 Å². The second-order valence-corrected chi connectivity index (χ2v) is 3.30. The van der Waals surface area contributed by atoms with Gasteiger partial charge in [0.25, 0.3) is 0 Å². The molecule has 1 rings (SSSR count). The first-order chi connectivity index (χ1) is 6.69. The highest BCUT2D eigenvalue weighted by molar-refractivity contribution is 5.56. The van der Waals surface area contributed by atoms with Crippen molar-refractivity contribution in [3.05, 3.63) is 23.8 Å². The van der Waals surface area contributed by atoms with E-state index in [1.54, 1.807) is 7.11 Å². The molecule has 1 aromatic rings. The van der Waals surface area contributed by atoms with Gasteiger partial charge < -0.3 is 15.3 Å². The van der Waals surface area contributed by atoms with E-state index in [0.717, 1.165) is 11.8 Å². The molecule has 0 bridgehead atoms. The molecule has 0 saturated heterocycles. The summed E-state index contributed by atoms with van der Waals surface area (Å²) in [6.45, 7) is 2.00. The van der Waals surface area contributed by atoms with Crippen molar-refractivity contribution in [1.82, 2.24) is 0 Å². The average Bonchev–Trinajstić information content (AvgIpc) is 2.18. The van der Waals surface area contributed by atoms with Crippen LogP contribution >= 0.6 is 0 Å². The lowest BCUT2D eigenvalue weighted by Gasteiger charge is -2.11. The van der Waals surface area contributed by atoms with Crippen LogP contribution in [-0.4, -0.2) is 13.4 Å². The Kier molecular flexibility index (Phi) is 3.51. The molecule has 0 radical (unpaired) electrons. The van der Waals surface area contributed by atoms with E-state index >= 15 is 0 Å². The van der Waals surface area contributed by atoms with Gasteiger partial charge >= 0.3 is 0 Å². The first-order valence-corrected chi connectivity index (χ1v) is 4.56. The van der Waals surface area contributed by atoms with Gasteiger partial charge in [-0.1, -0.05) is 13.0 Å². The molecule has 0 aliphatic carbocycles. The summed E-state index contributed by atoms with van der Waals surface area (Å²) in [6.07, 6.45) is 1.44. The van der Waals surface area contributed by atoms with Crippen molar-refractivity contribution < 1.29 is 9.53 Å². The standard InChI is InChI=1S/C11H15NO2/c1-8(5-6-13)9-3-4-11(14-2)10(12)7-9/h3-4,6-8H,5,12H2,1-2H3. The summed E-state index contributed by atoms with van der Waals surface area (Å²) in [5.41, 5.74) is 7.43. The first kappa shape index (κ1) is 10.6. The molecule has 1 aromatic carbocycles. The predicted molar refractivity (Wildman–Crippen MR) is 56.5 cm³/mol. The number of rotatable bonds is 4. The van der Waals surface area contributed by atoms with E-state index in [-0.39, 0.29) is 5.92 Å². The molecule has 0 amide bonds. The van der Waals surface area contributed by atoms with Crippen molar-refractivity contribution in [3.8, 4) is 5.75 Å². The molecule has 3 heteroatoms. The van der Waals surface area contributed by atoms with E-state index in [0.29, 0.717) is 17.9 Å². The van der Waals surface area contributed by atoms with Gasteiger partial charge in [0.1, 0.15) is 12.0 Å². The number of carbonyl (C=O) groups excluding carboxylic acids is 1. The highest BCUT2D eigenvalue weighted by Gasteiger charge is 2.07. The summed E-state index contributed by atoms with van der Waals surface area (Å²) in [6, 6.07) is 5.61. The number of methoxy groups -OCH3 is 1. The van der Waals surface area contributed by atoms with Gasteiger partial charge in [0.15, 0.2) is 0 Å². The summed E-state index contributed by atoms with van der Waals surface area (Å²) < 4.78 is 5.05. The molecule has 3 nitrogen and oxygen atoms in total. The van der Waals surface area contributed by atoms with E-state index in [4.69, 9.17) is 10.5 Å². The Morgan fingerprint density at radius 3 is 2.79 bits per heavy atom. The second kappa shape index (κ2) is 4.65. The smallest absolute Gasteiger partial charge is 0.141 e. The van der Waals surface area contributed by atoms with Crippen molar-refractivity contribution in [3.63, 3.8) is 0 Å². The van der Waals surface area contributed by atoms with Crippen LogP contribution < -0.4 is 10.5 Å². The summed E-state index contributed by atoms with van der Waals surface area (Å²) in [5.74, 6) is 0.882. The van der Waals surface area contributed by atoms with Gasteiger partial charge in [-0.25, -0.2) is 0 Å². The SMILES string of the molecule is COc1ccc(C(C)CC=O)cc1N. The van der Waals surface area contributed by atoms with E-state index in [1.165, 1.54) is 0 Å². The van der Waals surface area contributed by atoms with Gasteiger partial charge in [-0.2, -0.15) is 0 Å². The normalized spacial score (nSPS) is 12.1. The van der Waals surface area contributed by atoms with Crippen LogP contribution in [0.1, 0.15) is 24.8 Å². The highest BCUT2D eigenvalue weighted by Crippen LogP contribution is 2.26. The van der Waals surface area contributed by atoms with Crippen LogP contribution in [0.2, 0.25) is 0 Å². The Hall–Kier alpha value is -1.51. The fourth-order valence-corrected chi connectivity index (χ4v) is 1.34. The molecule has 0 heterocycles. The molecule has 0 saturated carbocycles. The van der Waals surface area contributed by atoms with Crippen molar-refractivity contribution in [2.75, 3.05) is 12.8 Å². The highest BCUT2D eigenvalue weighted by atomic mass is 16.5. The van der Waals surface area contributed by atoms with Gasteiger partial charge in [-0.3, -0.25) is 0 Å². The fourth-order valence-electron chi connectivity index (χ4n) is 1.34. The number of aldehydes is 1. The van der Waals surface area contributed by atoms with Crippen LogP contribution in [0.5, 0.6) is 5.75 Å². The minimum atomic E-state index is 0.209. The van der Waals surface area contributed by atoms with E-state index in [9.17, 15) is 4.79 Å². The first-order valence-electron chi connectivity index (χ1n) is 4.56. The zero-order valence-corrected chi connectivity index (χ0v) is 8.49. The zero-order valence-electron chi connectivity index (χ0n) is 8.49. The third-order valence-corrected chi connectivity index (χ3v) is 2.27. The Bertz CT molecular complexity index is 323. The number of hydrogen-bond acceptors (Lipinski definition) is 3. The van der Waals surface area contributed by atoms with Crippen molar-refractivity contribution in [2.24, 2.45) is 0 Å². The molecule has 1 atom stereocenters. The molecular formula is C11H15NO2. The maximum atomic E-state index is 10.3. The van der Waals surface area contributed by atoms with E-state index < -0.39 is 0 Å². The third kappa shape index (κ3) is 2.25. The van der Waals surface area contributed by atoms with Gasteiger partial charge in [0.05, 0.1) is 12.8 Å². The number of nitrogen functional groups attached to an aromatic ring is 1. The number of hydrogen-bond donors (Lipinski definition) is 1. The minimum Gasteiger partial charge on any atom is -0.495 e. The maximum absolute atomic E-state index is 10.3. The van der Waals surface area contributed by atoms with Crippen LogP contribution in [-0.2, 0) is 4.79 Å². The van der Waals surface area contributed by atoms with Crippen LogP contribution in [0.4, 0.5) is 5.69 Å². The summed E-state index contributed by atoms with van der Waals surface area (Å²) in [5, 5.41) is 0. The lowest BCUT2D eigenvalue weighted by Crippen LogP contribution is -1.98. The number of ether oxygens (including phenoxy) is 1. The van der Waals surface area contributed by atoms with Crippen LogP contribution in [0, 0.1) is 0 Å². The number of nitrogens with two attached hydrogens (primary N) is 1. The Morgan fingerprint density at radius 2 is 2.29 bits per heavy atom. The Labute approximate surface area is 83.9 Å². The van der Waals surface area contributed by atoms with E-state index in [1.807, 2.05) is 25.1 Å². The second-order valence-electron chi connectivity index (χ2n) is 3.30. The van der Waals surface area contributed by atoms with Crippen molar-refractivity contribution >= 4 is 12.0 Å². The molecule has 0 aromatic heterocycles. The van der Waals surface area contributed by atoms with Crippen LogP contribution in [0.3, 0.4) is 0 Å². The lowest BCUT2D eigenvalue weighted by molar-refractivity contribution is -0.108. The molecule has 14 heavy (non-hydrogen) atoms. The monoisotopic (exact) mass is 193 g/mol. The zero-order chi connectivity index (χ0) is 10.6. The largest absolute Gasteiger partial charge is 0.495 e. The van der Waals surface area contributed by atoms with Crippen LogP contribution in [0.15, 0.2) is 18.2 Å². The number of carbonyl (C=O) groups is 1. The average molecular weight is 193 g/mol. The number of anilines is 1. The van der Waals surface area contributed by atoms with Gasteiger partial charge in [0.2, 0.25) is 0 Å². The molecule has 2 N–H and O–H groups in total. The number of benzene rings is 1. The fraction of sp³-hybridized carbons (Fsp3) is 0.364. The van der Waals surface area contributed by atoms with Gasteiger partial charge in [-0.15, -0.1) is 0 Å². The van der Waals surface area contributed by atoms with Crippen molar-refractivity contribution in [1.29, 1.82) is 0 Å². The van der Waals surface area contributed by atoms with Gasteiger partial charge in [0, 0.05) is 6.42 Å². The Balaban J connectivity index is 2.90. The molecule has 0 spiro atoms. The summed E-state index contributed by atoms with van der Waals surface area (Å²) >= 11 is 0. The third-order valence-electron chi connectivity index (χ3n) is 2.27. The summed E-state index contributed by atoms with van der Waals surface area (Å²) in [4.78, 5) is 10.3. The predicted octanol–water partition coefficient (Wildman–Crippen LogP) is 1.97. The molecule has 0 fully saturated rings. The lowest BCUT2D eigenvalue weighted by atomic mass is 9.98. The molecule has 0 aliphatic heterocycles. The minimum absolute atomic E-state index is 0.209. The van der Waals surface area contributed by atoms with E-state index in [2.05, 4.69) is 0 Å². The Morgan fingerprint density at radius 1 is 1.57 bits per heavy atom. The van der Waals surface area contributed by atoms with Crippen LogP contribution in [0.25, 0.3) is 0 Å². The molecule has 0 aliphatic rings.